The van der Waals surface area contributed by atoms with Crippen LogP contribution in [0.3, 0.4) is 0 Å². The molecule has 1 saturated carbocycles. The van der Waals surface area contributed by atoms with Gasteiger partial charge in [0.05, 0.1) is 4.90 Å². The molecular formula is C28H38N4O5S. The van der Waals surface area contributed by atoms with Crippen molar-refractivity contribution in [1.29, 1.82) is 0 Å². The smallest absolute Gasteiger partial charge is 0.253 e. The number of carbonyl (C=O) groups is 3. The van der Waals surface area contributed by atoms with Gasteiger partial charge in [0.25, 0.3) is 5.91 Å². The molecule has 206 valence electrons. The molecule has 0 aromatic heterocycles. The van der Waals surface area contributed by atoms with E-state index in [-0.39, 0.29) is 34.6 Å². The zero-order valence-corrected chi connectivity index (χ0v) is 22.8. The molecule has 4 aliphatic rings. The third-order valence-corrected chi connectivity index (χ3v) is 10.9. The maximum atomic E-state index is 13.7. The molecule has 3 heterocycles. The molecule has 1 N–H and O–H groups in total. The normalized spacial score (nSPS) is 24.2. The molecule has 3 aliphatic heterocycles. The van der Waals surface area contributed by atoms with Crippen molar-refractivity contribution in [2.45, 2.75) is 74.3 Å². The molecule has 0 bridgehead atoms. The minimum Gasteiger partial charge on any atom is -0.350 e. The molecule has 9 nitrogen and oxygen atoms in total. The van der Waals surface area contributed by atoms with Gasteiger partial charge in [-0.05, 0) is 88.1 Å². The van der Waals surface area contributed by atoms with Gasteiger partial charge in [-0.2, -0.15) is 4.31 Å². The highest BCUT2D eigenvalue weighted by molar-refractivity contribution is 7.89. The number of nitrogens with one attached hydrogen (secondary N) is 1. The standard InChI is InChI=1S/C28H38N4O5S/c1-2-25(33)29-23-12-19-32(28(20-23)13-5-14-28)38(36,37)24-8-6-21(7-9-24)26(34)31-17-10-22(11-18-31)27(35)30-15-3-4-16-30/h2,6-9,22-23H,1,3-5,10-20H2,(H,29,33). The summed E-state index contributed by atoms with van der Waals surface area (Å²) in [6.45, 7) is 6.60. The second kappa shape index (κ2) is 10.8. The van der Waals surface area contributed by atoms with E-state index in [9.17, 15) is 22.8 Å². The summed E-state index contributed by atoms with van der Waals surface area (Å²) in [5, 5.41) is 2.94. The summed E-state index contributed by atoms with van der Waals surface area (Å²) < 4.78 is 29.0. The van der Waals surface area contributed by atoms with E-state index in [1.165, 1.54) is 18.2 Å². The summed E-state index contributed by atoms with van der Waals surface area (Å²) in [5.74, 6) is -0.156. The molecule has 1 aliphatic carbocycles. The Balaban J connectivity index is 1.22. The van der Waals surface area contributed by atoms with Crippen LogP contribution in [-0.4, -0.2) is 84.5 Å². The van der Waals surface area contributed by atoms with E-state index in [2.05, 4.69) is 11.9 Å². The first kappa shape index (κ1) is 26.9. The molecular weight excluding hydrogens is 504 g/mol. The molecule has 3 amide bonds. The number of sulfonamides is 1. The summed E-state index contributed by atoms with van der Waals surface area (Å²) in [5.41, 5.74) is -0.0147. The Kier molecular flexibility index (Phi) is 7.64. The summed E-state index contributed by atoms with van der Waals surface area (Å²) in [6, 6.07) is 6.19. The largest absolute Gasteiger partial charge is 0.350 e. The van der Waals surface area contributed by atoms with Gasteiger partial charge in [0.2, 0.25) is 21.8 Å². The van der Waals surface area contributed by atoms with Crippen molar-refractivity contribution in [3.8, 4) is 0 Å². The Morgan fingerprint density at radius 2 is 1.55 bits per heavy atom. The van der Waals surface area contributed by atoms with Crippen LogP contribution in [0, 0.1) is 5.92 Å². The van der Waals surface area contributed by atoms with Crippen LogP contribution < -0.4 is 5.32 Å². The fraction of sp³-hybridized carbons (Fsp3) is 0.607. The van der Waals surface area contributed by atoms with Crippen LogP contribution in [0.1, 0.15) is 68.1 Å². The van der Waals surface area contributed by atoms with Gasteiger partial charge in [-0.25, -0.2) is 8.42 Å². The van der Waals surface area contributed by atoms with Crippen molar-refractivity contribution in [1.82, 2.24) is 19.4 Å². The SMILES string of the molecule is C=CC(=O)NC1CCN(S(=O)(=O)c2ccc(C(=O)N3CCC(C(=O)N4CCCC4)CC3)cc2)C2(CCC2)C1. The highest BCUT2D eigenvalue weighted by Gasteiger charge is 2.51. The molecule has 1 atom stereocenters. The van der Waals surface area contributed by atoms with Gasteiger partial charge in [0.15, 0.2) is 0 Å². The van der Waals surface area contributed by atoms with E-state index in [1.54, 1.807) is 21.3 Å². The average molecular weight is 543 g/mol. The number of amides is 3. The van der Waals surface area contributed by atoms with Gasteiger partial charge in [-0.1, -0.05) is 6.58 Å². The van der Waals surface area contributed by atoms with Gasteiger partial charge >= 0.3 is 0 Å². The summed E-state index contributed by atoms with van der Waals surface area (Å²) >= 11 is 0. The second-order valence-electron chi connectivity index (χ2n) is 11.2. The minimum atomic E-state index is -3.75. The van der Waals surface area contributed by atoms with Crippen molar-refractivity contribution in [3.05, 3.63) is 42.5 Å². The van der Waals surface area contributed by atoms with E-state index >= 15 is 0 Å². The van der Waals surface area contributed by atoms with Crippen LogP contribution in [0.5, 0.6) is 0 Å². The number of nitrogens with zero attached hydrogens (tertiary/aromatic N) is 3. The van der Waals surface area contributed by atoms with Gasteiger partial charge < -0.3 is 15.1 Å². The molecule has 1 spiro atoms. The lowest BCUT2D eigenvalue weighted by molar-refractivity contribution is -0.135. The lowest BCUT2D eigenvalue weighted by atomic mass is 9.70. The number of piperidine rings is 2. The van der Waals surface area contributed by atoms with Crippen LogP contribution in [0.4, 0.5) is 0 Å². The predicted molar refractivity (Wildman–Crippen MR) is 143 cm³/mol. The Bertz CT molecular complexity index is 1180. The third-order valence-electron chi connectivity index (χ3n) is 8.89. The van der Waals surface area contributed by atoms with Crippen molar-refractivity contribution < 1.29 is 22.8 Å². The fourth-order valence-electron chi connectivity index (χ4n) is 6.57. The number of likely N-dealkylation sites (tertiary alicyclic amines) is 2. The van der Waals surface area contributed by atoms with Crippen LogP contribution in [-0.2, 0) is 19.6 Å². The van der Waals surface area contributed by atoms with Gasteiger partial charge in [-0.15, -0.1) is 0 Å². The number of hydrogen-bond donors (Lipinski definition) is 1. The van der Waals surface area contributed by atoms with Crippen molar-refractivity contribution >= 4 is 27.7 Å². The van der Waals surface area contributed by atoms with Crippen LogP contribution in [0.2, 0.25) is 0 Å². The van der Waals surface area contributed by atoms with Crippen LogP contribution >= 0.6 is 0 Å². The minimum absolute atomic E-state index is 0.0160. The molecule has 1 aromatic rings. The molecule has 1 unspecified atom stereocenters. The topological polar surface area (TPSA) is 107 Å². The highest BCUT2D eigenvalue weighted by atomic mass is 32.2. The summed E-state index contributed by atoms with van der Waals surface area (Å²) in [7, 11) is -3.75. The van der Waals surface area contributed by atoms with Crippen LogP contribution in [0.25, 0.3) is 0 Å². The van der Waals surface area contributed by atoms with Crippen molar-refractivity contribution in [2.24, 2.45) is 5.92 Å². The maximum absolute atomic E-state index is 13.7. The Morgan fingerprint density at radius 1 is 0.895 bits per heavy atom. The molecule has 4 fully saturated rings. The number of carbonyl (C=O) groups excluding carboxylic acids is 3. The summed E-state index contributed by atoms with van der Waals surface area (Å²) in [4.78, 5) is 41.5. The molecule has 3 saturated heterocycles. The molecule has 1 aromatic carbocycles. The number of hydrogen-bond acceptors (Lipinski definition) is 5. The molecule has 5 rings (SSSR count). The van der Waals surface area contributed by atoms with E-state index in [0.717, 1.165) is 45.2 Å². The second-order valence-corrected chi connectivity index (χ2v) is 13.0. The predicted octanol–water partition coefficient (Wildman–Crippen LogP) is 2.54. The maximum Gasteiger partial charge on any atom is 0.253 e. The third kappa shape index (κ3) is 5.12. The van der Waals surface area contributed by atoms with E-state index < -0.39 is 15.6 Å². The Labute approximate surface area is 225 Å². The zero-order chi connectivity index (χ0) is 26.9. The van der Waals surface area contributed by atoms with E-state index in [1.807, 2.05) is 4.90 Å². The number of rotatable bonds is 6. The average Bonchev–Trinajstić information content (AvgIpc) is 3.46. The molecule has 0 radical (unpaired) electrons. The van der Waals surface area contributed by atoms with E-state index in [4.69, 9.17) is 0 Å². The van der Waals surface area contributed by atoms with Crippen molar-refractivity contribution in [3.63, 3.8) is 0 Å². The Hall–Kier alpha value is -2.72. The zero-order valence-electron chi connectivity index (χ0n) is 21.9. The van der Waals surface area contributed by atoms with E-state index in [0.29, 0.717) is 50.9 Å². The first-order valence-electron chi connectivity index (χ1n) is 13.9. The lowest BCUT2D eigenvalue weighted by Crippen LogP contribution is -2.63. The lowest BCUT2D eigenvalue weighted by Gasteiger charge is -2.54. The monoisotopic (exact) mass is 542 g/mol. The quantitative estimate of drug-likeness (QED) is 0.556. The van der Waals surface area contributed by atoms with Gasteiger partial charge in [0.1, 0.15) is 0 Å². The Morgan fingerprint density at radius 3 is 2.13 bits per heavy atom. The first-order chi connectivity index (χ1) is 18.2. The first-order valence-corrected chi connectivity index (χ1v) is 15.3. The fourth-order valence-corrected chi connectivity index (χ4v) is 8.42. The van der Waals surface area contributed by atoms with Gasteiger partial charge in [0, 0.05) is 55.8 Å². The van der Waals surface area contributed by atoms with Gasteiger partial charge in [-0.3, -0.25) is 14.4 Å². The summed E-state index contributed by atoms with van der Waals surface area (Å²) in [6.07, 6.45) is 8.38. The molecule has 10 heteroatoms. The molecule has 38 heavy (non-hydrogen) atoms. The highest BCUT2D eigenvalue weighted by Crippen LogP contribution is 2.47. The van der Waals surface area contributed by atoms with Crippen LogP contribution in [0.15, 0.2) is 41.8 Å². The number of benzene rings is 1. The van der Waals surface area contributed by atoms with Crippen molar-refractivity contribution in [2.75, 3.05) is 32.7 Å².